The second-order valence-electron chi connectivity index (χ2n) is 6.61. The van der Waals surface area contributed by atoms with Crippen LogP contribution in [0.2, 0.25) is 5.02 Å². The maximum atomic E-state index is 12.5. The fourth-order valence-electron chi connectivity index (χ4n) is 3.31. The lowest BCUT2D eigenvalue weighted by molar-refractivity contribution is -0.113. The Kier molecular flexibility index (Phi) is 6.58. The molecule has 0 aromatic heterocycles. The van der Waals surface area contributed by atoms with E-state index in [1.54, 1.807) is 24.3 Å². The molecule has 0 fully saturated rings. The lowest BCUT2D eigenvalue weighted by Gasteiger charge is -2.29. The van der Waals surface area contributed by atoms with Crippen molar-refractivity contribution < 1.29 is 9.59 Å². The van der Waals surface area contributed by atoms with Crippen LogP contribution in [0.15, 0.2) is 76.6 Å². The Hall–Kier alpha value is -2.81. The van der Waals surface area contributed by atoms with Crippen LogP contribution in [0.4, 0.5) is 0 Å². The van der Waals surface area contributed by atoms with E-state index in [1.807, 2.05) is 37.3 Å². The number of allylic oxidation sites excluding steroid dienone is 2. The van der Waals surface area contributed by atoms with Crippen LogP contribution in [-0.2, 0) is 4.79 Å². The highest BCUT2D eigenvalue weighted by molar-refractivity contribution is 8.03. The molecule has 0 aliphatic carbocycles. The van der Waals surface area contributed by atoms with Gasteiger partial charge in [0.15, 0.2) is 11.6 Å². The normalized spacial score (nSPS) is 16.3. The van der Waals surface area contributed by atoms with Gasteiger partial charge in [-0.2, -0.15) is 0 Å². The Balaban J connectivity index is 1.93. The zero-order chi connectivity index (χ0) is 21.0. The van der Waals surface area contributed by atoms with Crippen LogP contribution in [-0.4, -0.2) is 17.3 Å². The first-order valence-corrected chi connectivity index (χ1v) is 10.4. The SMILES string of the molecule is [C-]#[N+]C1=C(SCC(=O)c2ccc(Cl)cc2)NC(C)=C(C(C)=O)C1c1ccccc1. The standard InChI is InChI=1S/C23H19ClN2O2S/c1-14-20(15(2)27)21(17-7-5-4-6-8-17)22(25-3)23(26-14)29-13-19(28)16-9-11-18(24)12-10-16/h4-12,21,26H,13H2,1-2H3. The molecule has 0 spiro atoms. The molecule has 1 atom stereocenters. The summed E-state index contributed by atoms with van der Waals surface area (Å²) < 4.78 is 0. The summed E-state index contributed by atoms with van der Waals surface area (Å²) >= 11 is 7.16. The van der Waals surface area contributed by atoms with Crippen molar-refractivity contribution in [2.75, 3.05) is 5.75 Å². The van der Waals surface area contributed by atoms with E-state index in [1.165, 1.54) is 18.7 Å². The van der Waals surface area contributed by atoms with Crippen LogP contribution in [0.3, 0.4) is 0 Å². The van der Waals surface area contributed by atoms with Crippen LogP contribution in [0.1, 0.15) is 35.7 Å². The van der Waals surface area contributed by atoms with E-state index in [2.05, 4.69) is 10.2 Å². The molecule has 0 radical (unpaired) electrons. The number of thioether (sulfide) groups is 1. The molecule has 146 valence electrons. The lowest BCUT2D eigenvalue weighted by atomic mass is 9.84. The van der Waals surface area contributed by atoms with Gasteiger partial charge in [-0.1, -0.05) is 41.9 Å². The number of rotatable bonds is 6. The number of nitrogens with one attached hydrogen (secondary N) is 1. The van der Waals surface area contributed by atoms with E-state index in [0.717, 1.165) is 5.56 Å². The van der Waals surface area contributed by atoms with Gasteiger partial charge in [0.05, 0.1) is 23.3 Å². The third-order valence-electron chi connectivity index (χ3n) is 4.65. The highest BCUT2D eigenvalue weighted by atomic mass is 35.5. The summed E-state index contributed by atoms with van der Waals surface area (Å²) in [5, 5.41) is 4.36. The summed E-state index contributed by atoms with van der Waals surface area (Å²) in [5.74, 6) is -0.403. The molecule has 0 amide bonds. The summed E-state index contributed by atoms with van der Waals surface area (Å²) in [7, 11) is 0. The molecular weight excluding hydrogens is 404 g/mol. The Morgan fingerprint density at radius 2 is 1.79 bits per heavy atom. The molecule has 6 heteroatoms. The molecule has 1 N–H and O–H groups in total. The third kappa shape index (κ3) is 4.61. The Morgan fingerprint density at radius 3 is 2.38 bits per heavy atom. The lowest BCUT2D eigenvalue weighted by Crippen LogP contribution is -2.26. The molecule has 1 unspecified atom stereocenters. The summed E-state index contributed by atoms with van der Waals surface area (Å²) in [6.45, 7) is 11.1. The molecule has 0 saturated heterocycles. The van der Waals surface area contributed by atoms with Crippen LogP contribution in [0.25, 0.3) is 4.85 Å². The van der Waals surface area contributed by atoms with Gasteiger partial charge in [0.25, 0.3) is 0 Å². The van der Waals surface area contributed by atoms with Crippen LogP contribution in [0, 0.1) is 6.57 Å². The van der Waals surface area contributed by atoms with Gasteiger partial charge < -0.3 is 5.32 Å². The summed E-state index contributed by atoms with van der Waals surface area (Å²) in [6, 6.07) is 16.3. The number of ketones is 2. The average Bonchev–Trinajstić information content (AvgIpc) is 2.72. The monoisotopic (exact) mass is 422 g/mol. The quantitative estimate of drug-likeness (QED) is 0.486. The zero-order valence-electron chi connectivity index (χ0n) is 16.0. The topological polar surface area (TPSA) is 50.5 Å². The fourth-order valence-corrected chi connectivity index (χ4v) is 4.41. The van der Waals surface area contributed by atoms with Crippen molar-refractivity contribution in [1.29, 1.82) is 0 Å². The van der Waals surface area contributed by atoms with Crippen molar-refractivity contribution in [3.8, 4) is 0 Å². The fraction of sp³-hybridized carbons (Fsp3) is 0.174. The third-order valence-corrected chi connectivity index (χ3v) is 5.90. The molecule has 2 aromatic rings. The predicted octanol–water partition coefficient (Wildman–Crippen LogP) is 5.59. The molecule has 0 saturated carbocycles. The van der Waals surface area contributed by atoms with Crippen molar-refractivity contribution >= 4 is 34.9 Å². The van der Waals surface area contributed by atoms with E-state index in [0.29, 0.717) is 32.6 Å². The number of carbonyl (C=O) groups excluding carboxylic acids is 2. The molecule has 2 aromatic carbocycles. The number of dihydropyridines is 1. The maximum Gasteiger partial charge on any atom is 0.206 e. The first-order valence-electron chi connectivity index (χ1n) is 8.99. The van der Waals surface area contributed by atoms with Gasteiger partial charge in [-0.25, -0.2) is 4.85 Å². The number of nitrogens with zero attached hydrogens (tertiary/aromatic N) is 1. The Morgan fingerprint density at radius 1 is 1.14 bits per heavy atom. The van der Waals surface area contributed by atoms with Crippen molar-refractivity contribution in [1.82, 2.24) is 5.32 Å². The van der Waals surface area contributed by atoms with Crippen molar-refractivity contribution in [3.05, 3.63) is 104 Å². The smallest absolute Gasteiger partial charge is 0.206 e. The minimum atomic E-state index is -0.444. The van der Waals surface area contributed by atoms with Gasteiger partial charge in [0.1, 0.15) is 0 Å². The van der Waals surface area contributed by atoms with E-state index in [9.17, 15) is 9.59 Å². The van der Waals surface area contributed by atoms with Crippen molar-refractivity contribution in [2.45, 2.75) is 19.8 Å². The number of carbonyl (C=O) groups is 2. The van der Waals surface area contributed by atoms with E-state index < -0.39 is 5.92 Å². The number of hydrogen-bond acceptors (Lipinski definition) is 4. The van der Waals surface area contributed by atoms with Gasteiger partial charge in [0.2, 0.25) is 5.70 Å². The van der Waals surface area contributed by atoms with E-state index in [4.69, 9.17) is 18.2 Å². The summed E-state index contributed by atoms with van der Waals surface area (Å²) in [4.78, 5) is 28.6. The van der Waals surface area contributed by atoms with Crippen molar-refractivity contribution in [3.63, 3.8) is 0 Å². The first kappa shape index (κ1) is 20.9. The van der Waals surface area contributed by atoms with Crippen LogP contribution in [0.5, 0.6) is 0 Å². The van der Waals surface area contributed by atoms with Crippen molar-refractivity contribution in [2.24, 2.45) is 0 Å². The predicted molar refractivity (Wildman–Crippen MR) is 118 cm³/mol. The molecule has 29 heavy (non-hydrogen) atoms. The summed E-state index contributed by atoms with van der Waals surface area (Å²) in [6.07, 6.45) is 0. The average molecular weight is 423 g/mol. The Labute approximate surface area is 179 Å². The molecule has 1 heterocycles. The number of hydrogen-bond donors (Lipinski definition) is 1. The number of Topliss-reactive ketones (excluding diaryl/α,β-unsaturated/α-hetero) is 2. The molecule has 3 rings (SSSR count). The maximum absolute atomic E-state index is 12.5. The van der Waals surface area contributed by atoms with E-state index in [-0.39, 0.29) is 17.3 Å². The van der Waals surface area contributed by atoms with E-state index >= 15 is 0 Å². The largest absolute Gasteiger partial charge is 0.363 e. The van der Waals surface area contributed by atoms with Gasteiger partial charge in [-0.05, 0) is 43.7 Å². The number of halogens is 1. The van der Waals surface area contributed by atoms with Gasteiger partial charge in [-0.3, -0.25) is 9.59 Å². The first-order chi connectivity index (χ1) is 13.9. The molecule has 1 aliphatic heterocycles. The Bertz CT molecular complexity index is 1050. The highest BCUT2D eigenvalue weighted by Crippen LogP contribution is 2.41. The minimum Gasteiger partial charge on any atom is -0.363 e. The zero-order valence-corrected chi connectivity index (χ0v) is 17.6. The molecule has 1 aliphatic rings. The second-order valence-corrected chi connectivity index (χ2v) is 8.03. The highest BCUT2D eigenvalue weighted by Gasteiger charge is 2.33. The van der Waals surface area contributed by atoms with Gasteiger partial charge >= 0.3 is 0 Å². The van der Waals surface area contributed by atoms with Gasteiger partial charge in [0, 0.05) is 21.9 Å². The van der Waals surface area contributed by atoms with Gasteiger partial charge in [-0.15, -0.1) is 11.8 Å². The van der Waals surface area contributed by atoms with Crippen LogP contribution >= 0.6 is 23.4 Å². The molecular formula is C23H19ClN2O2S. The molecule has 0 bridgehead atoms. The number of benzene rings is 2. The molecule has 4 nitrogen and oxygen atoms in total. The minimum absolute atomic E-state index is 0.0550. The summed E-state index contributed by atoms with van der Waals surface area (Å²) in [5.41, 5.74) is 3.17. The van der Waals surface area contributed by atoms with Crippen LogP contribution < -0.4 is 5.32 Å². The second kappa shape index (κ2) is 9.13.